The minimum atomic E-state index is -0.436. The molecule has 0 aromatic rings. The summed E-state index contributed by atoms with van der Waals surface area (Å²) in [5, 5.41) is 9.21. The third-order valence-electron chi connectivity index (χ3n) is 4.39. The number of hydrogen-bond donors (Lipinski definition) is 1. The summed E-state index contributed by atoms with van der Waals surface area (Å²) in [5.41, 5.74) is -0.0858. The molecule has 2 nitrogen and oxygen atoms in total. The van der Waals surface area contributed by atoms with E-state index in [0.29, 0.717) is 23.7 Å². The molecule has 2 fully saturated rings. The Bertz CT molecular complexity index is 257. The maximum Gasteiger partial charge on any atom is 0.141 e. The first-order chi connectivity index (χ1) is 5.92. The third kappa shape index (κ3) is 1.08. The Kier molecular flexibility index (Phi) is 1.66. The van der Waals surface area contributed by atoms with Crippen molar-refractivity contribution in [3.05, 3.63) is 0 Å². The molecule has 13 heavy (non-hydrogen) atoms. The normalized spacial score (nSPS) is 47.2. The van der Waals surface area contributed by atoms with E-state index in [1.807, 2.05) is 6.92 Å². The number of hydrogen-bond acceptors (Lipinski definition) is 2. The van der Waals surface area contributed by atoms with Crippen molar-refractivity contribution in [1.82, 2.24) is 0 Å². The summed E-state index contributed by atoms with van der Waals surface area (Å²) in [6.45, 7) is 6.39. The minimum absolute atomic E-state index is 0.0190. The number of Topliss-reactive ketones (excluding diaryl/α,β-unsaturated/α-hetero) is 1. The molecule has 0 saturated heterocycles. The van der Waals surface area contributed by atoms with Gasteiger partial charge in [-0.3, -0.25) is 4.79 Å². The summed E-state index contributed by atoms with van der Waals surface area (Å²) in [6, 6.07) is 0. The van der Waals surface area contributed by atoms with Gasteiger partial charge in [0.15, 0.2) is 0 Å². The molecule has 0 amide bonds. The zero-order valence-corrected chi connectivity index (χ0v) is 8.63. The minimum Gasteiger partial charge on any atom is -0.395 e. The number of aliphatic hydroxyl groups is 1. The van der Waals surface area contributed by atoms with Crippen LogP contribution >= 0.6 is 0 Å². The van der Waals surface area contributed by atoms with E-state index in [1.165, 1.54) is 0 Å². The first-order valence-corrected chi connectivity index (χ1v) is 5.06. The van der Waals surface area contributed by atoms with Crippen molar-refractivity contribution in [3.63, 3.8) is 0 Å². The molecule has 0 radical (unpaired) electrons. The molecule has 3 atom stereocenters. The van der Waals surface area contributed by atoms with Gasteiger partial charge in [0, 0.05) is 11.8 Å². The van der Waals surface area contributed by atoms with Crippen molar-refractivity contribution in [1.29, 1.82) is 0 Å². The number of carbonyl (C=O) groups is 1. The van der Waals surface area contributed by atoms with Gasteiger partial charge >= 0.3 is 0 Å². The maximum atomic E-state index is 11.7. The highest BCUT2D eigenvalue weighted by atomic mass is 16.3. The van der Waals surface area contributed by atoms with Crippen molar-refractivity contribution in [3.8, 4) is 0 Å². The van der Waals surface area contributed by atoms with E-state index in [0.717, 1.165) is 6.42 Å². The van der Waals surface area contributed by atoms with Gasteiger partial charge in [-0.05, 0) is 23.7 Å². The van der Waals surface area contributed by atoms with Crippen LogP contribution in [0.25, 0.3) is 0 Å². The highest BCUT2D eigenvalue weighted by Crippen LogP contribution is 2.66. The summed E-state index contributed by atoms with van der Waals surface area (Å²) in [5.74, 6) is 1.53. The largest absolute Gasteiger partial charge is 0.395 e. The standard InChI is InChI=1S/C11H18O2/c1-10(2)7-4-9(13)11(3,6-12)5-8(7)10/h7-8,12H,4-6H2,1-3H3. The van der Waals surface area contributed by atoms with Crippen molar-refractivity contribution < 1.29 is 9.90 Å². The molecular weight excluding hydrogens is 164 g/mol. The molecular formula is C11H18O2. The first kappa shape index (κ1) is 9.20. The Morgan fingerprint density at radius 1 is 1.38 bits per heavy atom. The van der Waals surface area contributed by atoms with Crippen molar-refractivity contribution in [2.75, 3.05) is 6.61 Å². The summed E-state index contributed by atoms with van der Waals surface area (Å²) < 4.78 is 0. The average Bonchev–Trinajstić information content (AvgIpc) is 2.56. The number of ketones is 1. The lowest BCUT2D eigenvalue weighted by Gasteiger charge is -2.29. The number of fused-ring (bicyclic) bond motifs is 1. The molecule has 0 heterocycles. The Balaban J connectivity index is 2.18. The summed E-state index contributed by atoms with van der Waals surface area (Å²) in [6.07, 6.45) is 1.58. The van der Waals surface area contributed by atoms with Crippen molar-refractivity contribution in [2.24, 2.45) is 22.7 Å². The summed E-state index contributed by atoms with van der Waals surface area (Å²) >= 11 is 0. The second-order valence-electron chi connectivity index (χ2n) is 5.58. The van der Waals surface area contributed by atoms with E-state index in [2.05, 4.69) is 13.8 Å². The number of aliphatic hydroxyl groups excluding tert-OH is 1. The monoisotopic (exact) mass is 182 g/mol. The second kappa shape index (κ2) is 2.35. The SMILES string of the molecule is CC1(CO)CC2C(CC1=O)C2(C)C. The van der Waals surface area contributed by atoms with Crippen LogP contribution in [0.5, 0.6) is 0 Å². The molecule has 2 rings (SSSR count). The summed E-state index contributed by atoms with van der Waals surface area (Å²) in [7, 11) is 0. The van der Waals surface area contributed by atoms with Crippen molar-refractivity contribution >= 4 is 5.78 Å². The van der Waals surface area contributed by atoms with Gasteiger partial charge in [0.05, 0.1) is 6.61 Å². The van der Waals surface area contributed by atoms with Crippen LogP contribution < -0.4 is 0 Å². The van der Waals surface area contributed by atoms with E-state index in [-0.39, 0.29) is 12.4 Å². The molecule has 0 aromatic carbocycles. The van der Waals surface area contributed by atoms with Gasteiger partial charge in [0.25, 0.3) is 0 Å². The van der Waals surface area contributed by atoms with Crippen LogP contribution in [0.15, 0.2) is 0 Å². The topological polar surface area (TPSA) is 37.3 Å². The van der Waals surface area contributed by atoms with Crippen LogP contribution in [0, 0.1) is 22.7 Å². The average molecular weight is 182 g/mol. The molecule has 0 spiro atoms. The van der Waals surface area contributed by atoms with Crippen molar-refractivity contribution in [2.45, 2.75) is 33.6 Å². The van der Waals surface area contributed by atoms with Crippen LogP contribution in [0.2, 0.25) is 0 Å². The second-order valence-corrected chi connectivity index (χ2v) is 5.58. The van der Waals surface area contributed by atoms with Crippen LogP contribution in [-0.2, 0) is 4.79 Å². The lowest BCUT2D eigenvalue weighted by Crippen LogP contribution is -2.35. The highest BCUT2D eigenvalue weighted by molar-refractivity contribution is 5.86. The van der Waals surface area contributed by atoms with Gasteiger partial charge in [0.1, 0.15) is 5.78 Å². The Labute approximate surface area is 79.3 Å². The molecule has 0 aliphatic heterocycles. The Morgan fingerprint density at radius 3 is 2.54 bits per heavy atom. The molecule has 0 aromatic heterocycles. The van der Waals surface area contributed by atoms with Gasteiger partial charge in [-0.25, -0.2) is 0 Å². The first-order valence-electron chi connectivity index (χ1n) is 5.06. The third-order valence-corrected chi connectivity index (χ3v) is 4.39. The fourth-order valence-corrected chi connectivity index (χ4v) is 2.87. The van der Waals surface area contributed by atoms with Gasteiger partial charge < -0.3 is 5.11 Å². The number of carbonyl (C=O) groups excluding carboxylic acids is 1. The molecule has 74 valence electrons. The highest BCUT2D eigenvalue weighted by Gasteiger charge is 2.63. The fourth-order valence-electron chi connectivity index (χ4n) is 2.87. The van der Waals surface area contributed by atoms with E-state index >= 15 is 0 Å². The number of rotatable bonds is 1. The Morgan fingerprint density at radius 2 is 2.00 bits per heavy atom. The van der Waals surface area contributed by atoms with Crippen LogP contribution in [0.3, 0.4) is 0 Å². The lowest BCUT2D eigenvalue weighted by molar-refractivity contribution is -0.133. The van der Waals surface area contributed by atoms with E-state index in [9.17, 15) is 9.90 Å². The quantitative estimate of drug-likeness (QED) is 0.669. The predicted molar refractivity (Wildman–Crippen MR) is 50.2 cm³/mol. The van der Waals surface area contributed by atoms with Gasteiger partial charge in [-0.1, -0.05) is 20.8 Å². The van der Waals surface area contributed by atoms with Gasteiger partial charge in [-0.15, -0.1) is 0 Å². The molecule has 2 heteroatoms. The zero-order chi connectivity index (χ0) is 9.85. The summed E-state index contributed by atoms with van der Waals surface area (Å²) in [4.78, 5) is 11.7. The van der Waals surface area contributed by atoms with E-state index < -0.39 is 5.41 Å². The smallest absolute Gasteiger partial charge is 0.141 e. The maximum absolute atomic E-state index is 11.7. The molecule has 2 saturated carbocycles. The fraction of sp³-hybridized carbons (Fsp3) is 0.909. The van der Waals surface area contributed by atoms with Crippen LogP contribution in [0.4, 0.5) is 0 Å². The molecule has 2 aliphatic rings. The molecule has 2 aliphatic carbocycles. The molecule has 1 N–H and O–H groups in total. The van der Waals surface area contributed by atoms with Crippen LogP contribution in [0.1, 0.15) is 33.6 Å². The lowest BCUT2D eigenvalue weighted by atomic mass is 9.75. The predicted octanol–water partition coefficient (Wildman–Crippen LogP) is 1.62. The van der Waals surface area contributed by atoms with Crippen LogP contribution in [-0.4, -0.2) is 17.5 Å². The van der Waals surface area contributed by atoms with Gasteiger partial charge in [0.2, 0.25) is 0 Å². The van der Waals surface area contributed by atoms with E-state index in [1.54, 1.807) is 0 Å². The molecule has 0 bridgehead atoms. The Hall–Kier alpha value is -0.370. The van der Waals surface area contributed by atoms with E-state index in [4.69, 9.17) is 0 Å². The molecule has 3 unspecified atom stereocenters. The zero-order valence-electron chi connectivity index (χ0n) is 8.63. The van der Waals surface area contributed by atoms with Gasteiger partial charge in [-0.2, -0.15) is 0 Å².